The van der Waals surface area contributed by atoms with E-state index < -0.39 is 0 Å². The molecule has 0 radical (unpaired) electrons. The van der Waals surface area contributed by atoms with E-state index in [0.29, 0.717) is 25.5 Å². The van der Waals surface area contributed by atoms with Crippen LogP contribution in [-0.4, -0.2) is 58.9 Å². The van der Waals surface area contributed by atoms with Gasteiger partial charge in [0.2, 0.25) is 0 Å². The van der Waals surface area contributed by atoms with Gasteiger partial charge in [0.1, 0.15) is 5.82 Å². The van der Waals surface area contributed by atoms with Crippen LogP contribution in [0.15, 0.2) is 6.07 Å². The second-order valence-corrected chi connectivity index (χ2v) is 4.28. The first kappa shape index (κ1) is 12.7. The summed E-state index contributed by atoms with van der Waals surface area (Å²) < 4.78 is 4.97. The van der Waals surface area contributed by atoms with Crippen molar-refractivity contribution in [2.75, 3.05) is 38.5 Å². The van der Waals surface area contributed by atoms with Crippen LogP contribution in [0.1, 0.15) is 12.6 Å². The van der Waals surface area contributed by atoms with Crippen molar-refractivity contribution in [3.63, 3.8) is 0 Å². The van der Waals surface area contributed by atoms with Crippen LogP contribution >= 0.6 is 0 Å². The van der Waals surface area contributed by atoms with Crippen molar-refractivity contribution < 1.29 is 9.53 Å². The Labute approximate surface area is 106 Å². The summed E-state index contributed by atoms with van der Waals surface area (Å²) in [6.45, 7) is 6.07. The third-order valence-electron chi connectivity index (χ3n) is 2.94. The number of ether oxygens (including phenoxy) is 1. The predicted molar refractivity (Wildman–Crippen MR) is 66.9 cm³/mol. The van der Waals surface area contributed by atoms with Gasteiger partial charge in [-0.2, -0.15) is 5.10 Å². The smallest absolute Gasteiger partial charge is 0.409 e. The summed E-state index contributed by atoms with van der Waals surface area (Å²) in [7, 11) is 0. The normalized spacial score (nSPS) is 16.8. The van der Waals surface area contributed by atoms with E-state index in [-0.39, 0.29) is 6.09 Å². The van der Waals surface area contributed by atoms with Crippen molar-refractivity contribution in [2.24, 2.45) is 0 Å². The minimum Gasteiger partial charge on any atom is -0.450 e. The molecular formula is C11H19N5O2. The van der Waals surface area contributed by atoms with E-state index in [1.807, 2.05) is 13.0 Å². The molecule has 7 nitrogen and oxygen atoms in total. The lowest BCUT2D eigenvalue weighted by atomic mass is 10.3. The lowest BCUT2D eigenvalue weighted by molar-refractivity contribution is 0.0775. The summed E-state index contributed by atoms with van der Waals surface area (Å²) in [5.41, 5.74) is 6.55. The fourth-order valence-electron chi connectivity index (χ4n) is 2.00. The number of H-pyrrole nitrogens is 1. The Morgan fingerprint density at radius 2 is 2.22 bits per heavy atom. The van der Waals surface area contributed by atoms with Crippen LogP contribution in [0.25, 0.3) is 0 Å². The first-order valence-corrected chi connectivity index (χ1v) is 6.13. The van der Waals surface area contributed by atoms with E-state index in [9.17, 15) is 4.79 Å². The fourth-order valence-corrected chi connectivity index (χ4v) is 2.00. The molecule has 2 rings (SSSR count). The number of aromatic nitrogens is 2. The van der Waals surface area contributed by atoms with Crippen LogP contribution < -0.4 is 5.73 Å². The molecule has 1 aliphatic rings. The Kier molecular flexibility index (Phi) is 4.03. The molecule has 0 aromatic carbocycles. The average Bonchev–Trinajstić information content (AvgIpc) is 2.76. The predicted octanol–water partition coefficient (Wildman–Crippen LogP) is 0.266. The molecule has 1 aromatic heterocycles. The molecule has 7 heteroatoms. The lowest BCUT2D eigenvalue weighted by Gasteiger charge is -2.33. The van der Waals surface area contributed by atoms with Gasteiger partial charge in [0, 0.05) is 38.8 Å². The molecule has 2 heterocycles. The van der Waals surface area contributed by atoms with Crippen molar-refractivity contribution in [3.05, 3.63) is 11.8 Å². The number of piperazine rings is 1. The van der Waals surface area contributed by atoms with Crippen molar-refractivity contribution in [2.45, 2.75) is 13.5 Å². The quantitative estimate of drug-likeness (QED) is 0.807. The van der Waals surface area contributed by atoms with Crippen LogP contribution in [0.2, 0.25) is 0 Å². The highest BCUT2D eigenvalue weighted by atomic mass is 16.6. The van der Waals surface area contributed by atoms with E-state index in [1.165, 1.54) is 0 Å². The Morgan fingerprint density at radius 3 is 2.78 bits per heavy atom. The molecule has 18 heavy (non-hydrogen) atoms. The molecular weight excluding hydrogens is 234 g/mol. The van der Waals surface area contributed by atoms with Crippen molar-refractivity contribution >= 4 is 11.9 Å². The van der Waals surface area contributed by atoms with Gasteiger partial charge in [-0.1, -0.05) is 0 Å². The number of anilines is 1. The monoisotopic (exact) mass is 253 g/mol. The van der Waals surface area contributed by atoms with Crippen LogP contribution in [0, 0.1) is 0 Å². The van der Waals surface area contributed by atoms with E-state index in [0.717, 1.165) is 25.3 Å². The highest BCUT2D eigenvalue weighted by Gasteiger charge is 2.22. The molecule has 0 spiro atoms. The Balaban J connectivity index is 1.78. The number of aromatic amines is 1. The Bertz CT molecular complexity index is 398. The second kappa shape index (κ2) is 5.72. The zero-order chi connectivity index (χ0) is 13.0. The second-order valence-electron chi connectivity index (χ2n) is 4.28. The molecule has 1 fully saturated rings. The number of nitrogens with one attached hydrogen (secondary N) is 1. The maximum Gasteiger partial charge on any atom is 0.409 e. The van der Waals surface area contributed by atoms with Crippen LogP contribution in [0.5, 0.6) is 0 Å². The van der Waals surface area contributed by atoms with Crippen molar-refractivity contribution in [1.29, 1.82) is 0 Å². The Morgan fingerprint density at radius 1 is 1.50 bits per heavy atom. The van der Waals surface area contributed by atoms with Gasteiger partial charge in [0.15, 0.2) is 0 Å². The highest BCUT2D eigenvalue weighted by molar-refractivity contribution is 5.67. The zero-order valence-electron chi connectivity index (χ0n) is 10.6. The zero-order valence-corrected chi connectivity index (χ0v) is 10.6. The van der Waals surface area contributed by atoms with Gasteiger partial charge in [-0.25, -0.2) is 4.79 Å². The molecule has 0 saturated carbocycles. The van der Waals surface area contributed by atoms with Crippen LogP contribution in [0.4, 0.5) is 10.6 Å². The highest BCUT2D eigenvalue weighted by Crippen LogP contribution is 2.09. The number of carbonyl (C=O) groups excluding carboxylic acids is 1. The van der Waals surface area contributed by atoms with Crippen molar-refractivity contribution in [1.82, 2.24) is 20.0 Å². The third kappa shape index (κ3) is 3.13. The summed E-state index contributed by atoms with van der Waals surface area (Å²) in [5, 5.41) is 6.78. The van der Waals surface area contributed by atoms with Crippen LogP contribution in [-0.2, 0) is 11.3 Å². The van der Waals surface area contributed by atoms with Gasteiger partial charge < -0.3 is 15.4 Å². The standard InChI is InChI=1S/C11H19N5O2/c1-2-18-11(17)16-5-3-15(4-6-16)8-9-7-10(12)14-13-9/h7H,2-6,8H2,1H3,(H3,12,13,14). The molecule has 1 aromatic rings. The number of hydrogen-bond donors (Lipinski definition) is 2. The summed E-state index contributed by atoms with van der Waals surface area (Å²) in [6.07, 6.45) is -0.220. The largest absolute Gasteiger partial charge is 0.450 e. The van der Waals surface area contributed by atoms with E-state index in [2.05, 4.69) is 15.1 Å². The molecule has 1 saturated heterocycles. The van der Waals surface area contributed by atoms with Gasteiger partial charge in [-0.15, -0.1) is 0 Å². The SMILES string of the molecule is CCOC(=O)N1CCN(Cc2cc(N)n[nH]2)CC1. The van der Waals surface area contributed by atoms with Gasteiger partial charge >= 0.3 is 6.09 Å². The number of nitrogen functional groups attached to an aromatic ring is 1. The number of carbonyl (C=O) groups is 1. The van der Waals surface area contributed by atoms with Crippen molar-refractivity contribution in [3.8, 4) is 0 Å². The number of nitrogens with zero attached hydrogens (tertiary/aromatic N) is 3. The number of rotatable bonds is 3. The summed E-state index contributed by atoms with van der Waals surface area (Å²) in [6, 6.07) is 1.83. The summed E-state index contributed by atoms with van der Waals surface area (Å²) in [5.74, 6) is 0.509. The molecule has 3 N–H and O–H groups in total. The van der Waals surface area contributed by atoms with E-state index >= 15 is 0 Å². The maximum absolute atomic E-state index is 11.5. The molecule has 0 aliphatic carbocycles. The molecule has 1 amide bonds. The van der Waals surface area contributed by atoms with E-state index in [1.54, 1.807) is 4.90 Å². The molecule has 0 bridgehead atoms. The number of amides is 1. The molecule has 0 atom stereocenters. The number of hydrogen-bond acceptors (Lipinski definition) is 5. The summed E-state index contributed by atoms with van der Waals surface area (Å²) in [4.78, 5) is 15.5. The Hall–Kier alpha value is -1.76. The van der Waals surface area contributed by atoms with E-state index in [4.69, 9.17) is 10.5 Å². The third-order valence-corrected chi connectivity index (χ3v) is 2.94. The average molecular weight is 253 g/mol. The lowest BCUT2D eigenvalue weighted by Crippen LogP contribution is -2.48. The first-order valence-electron chi connectivity index (χ1n) is 6.13. The molecule has 0 unspecified atom stereocenters. The van der Waals surface area contributed by atoms with Gasteiger partial charge in [0.25, 0.3) is 0 Å². The fraction of sp³-hybridized carbons (Fsp3) is 0.636. The maximum atomic E-state index is 11.5. The summed E-state index contributed by atoms with van der Waals surface area (Å²) >= 11 is 0. The number of nitrogens with two attached hydrogens (primary N) is 1. The van der Waals surface area contributed by atoms with Gasteiger partial charge in [-0.05, 0) is 6.92 Å². The first-order chi connectivity index (χ1) is 8.69. The molecule has 1 aliphatic heterocycles. The minimum atomic E-state index is -0.220. The topological polar surface area (TPSA) is 87.5 Å². The molecule has 100 valence electrons. The van der Waals surface area contributed by atoms with Crippen LogP contribution in [0.3, 0.4) is 0 Å². The van der Waals surface area contributed by atoms with Gasteiger partial charge in [0.05, 0.1) is 12.3 Å². The van der Waals surface area contributed by atoms with Gasteiger partial charge in [-0.3, -0.25) is 10.00 Å². The minimum absolute atomic E-state index is 0.220.